The molecule has 0 radical (unpaired) electrons. The van der Waals surface area contributed by atoms with Crippen LogP contribution in [-0.4, -0.2) is 28.1 Å². The Morgan fingerprint density at radius 1 is 1.52 bits per heavy atom. The molecule has 0 aromatic carbocycles. The second-order valence-electron chi connectivity index (χ2n) is 6.25. The number of hydrogen-bond donors (Lipinski definition) is 1. The van der Waals surface area contributed by atoms with E-state index in [9.17, 15) is 9.90 Å². The van der Waals surface area contributed by atoms with Crippen molar-refractivity contribution < 1.29 is 9.90 Å². The molecule has 0 spiro atoms. The van der Waals surface area contributed by atoms with E-state index in [1.807, 2.05) is 20.8 Å². The van der Waals surface area contributed by atoms with Gasteiger partial charge in [0.1, 0.15) is 0 Å². The van der Waals surface area contributed by atoms with Gasteiger partial charge in [-0.25, -0.2) is 0 Å². The van der Waals surface area contributed by atoms with Crippen molar-refractivity contribution in [3.05, 3.63) is 22.4 Å². The summed E-state index contributed by atoms with van der Waals surface area (Å²) in [5.41, 5.74) is 1.36. The minimum atomic E-state index is -0.652. The van der Waals surface area contributed by atoms with E-state index in [1.165, 1.54) is 0 Å². The Bertz CT molecular complexity index is 545. The number of likely N-dealkylation sites (tertiary alicyclic amines) is 1. The molecule has 0 aromatic rings. The lowest BCUT2D eigenvalue weighted by atomic mass is 9.92. The van der Waals surface area contributed by atoms with Gasteiger partial charge >= 0.3 is 0 Å². The third-order valence-corrected chi connectivity index (χ3v) is 4.59. The second kappa shape index (κ2) is 6.21. The zero-order valence-electron chi connectivity index (χ0n) is 12.6. The number of nitrogens with zero attached hydrogens (tertiary/aromatic N) is 2. The minimum Gasteiger partial charge on any atom is -0.390 e. The molecule has 1 aliphatic carbocycles. The molecule has 1 amide bonds. The largest absolute Gasteiger partial charge is 0.390 e. The van der Waals surface area contributed by atoms with Gasteiger partial charge in [-0.2, -0.15) is 5.26 Å². The lowest BCUT2D eigenvalue weighted by molar-refractivity contribution is -0.131. The number of rotatable bonds is 3. The fourth-order valence-electron chi connectivity index (χ4n) is 3.14. The van der Waals surface area contributed by atoms with Crippen LogP contribution in [0, 0.1) is 23.2 Å². The Morgan fingerprint density at radius 3 is 2.71 bits per heavy atom. The van der Waals surface area contributed by atoms with Crippen LogP contribution in [0.3, 0.4) is 0 Å². The zero-order valence-corrected chi connectivity index (χ0v) is 13.4. The van der Waals surface area contributed by atoms with Crippen molar-refractivity contribution in [3.63, 3.8) is 0 Å². The van der Waals surface area contributed by atoms with E-state index >= 15 is 0 Å². The summed E-state index contributed by atoms with van der Waals surface area (Å²) in [6.07, 6.45) is 2.88. The third kappa shape index (κ3) is 3.00. The third-order valence-electron chi connectivity index (χ3n) is 4.25. The molecule has 5 heteroatoms. The van der Waals surface area contributed by atoms with Crippen molar-refractivity contribution in [2.75, 3.05) is 0 Å². The zero-order chi connectivity index (χ0) is 15.7. The summed E-state index contributed by atoms with van der Waals surface area (Å²) in [6, 6.07) is 1.83. The monoisotopic (exact) mass is 308 g/mol. The first-order valence-corrected chi connectivity index (χ1v) is 7.75. The summed E-state index contributed by atoms with van der Waals surface area (Å²) >= 11 is 6.09. The van der Waals surface area contributed by atoms with E-state index in [4.69, 9.17) is 16.9 Å². The molecule has 2 rings (SSSR count). The van der Waals surface area contributed by atoms with E-state index in [0.717, 1.165) is 5.70 Å². The van der Waals surface area contributed by atoms with E-state index in [2.05, 4.69) is 6.07 Å². The summed E-state index contributed by atoms with van der Waals surface area (Å²) in [5.74, 6) is -0.0180. The fraction of sp³-hybridized carbons (Fsp3) is 0.625. The molecule has 4 nitrogen and oxygen atoms in total. The molecule has 1 heterocycles. The highest BCUT2D eigenvalue weighted by atomic mass is 35.5. The number of aliphatic hydroxyl groups is 1. The van der Waals surface area contributed by atoms with Gasteiger partial charge in [0.2, 0.25) is 5.91 Å². The molecule has 2 aliphatic rings. The van der Waals surface area contributed by atoms with Gasteiger partial charge in [0.15, 0.2) is 0 Å². The molecule has 1 fully saturated rings. The van der Waals surface area contributed by atoms with Crippen LogP contribution in [0.15, 0.2) is 22.4 Å². The van der Waals surface area contributed by atoms with Gasteiger partial charge in [0.05, 0.1) is 29.2 Å². The van der Waals surface area contributed by atoms with Gasteiger partial charge < -0.3 is 10.0 Å². The molecule has 1 N–H and O–H groups in total. The summed E-state index contributed by atoms with van der Waals surface area (Å²) in [7, 11) is 0. The van der Waals surface area contributed by atoms with Gasteiger partial charge in [-0.3, -0.25) is 4.79 Å². The number of halogens is 1. The van der Waals surface area contributed by atoms with Crippen LogP contribution in [0.1, 0.15) is 40.0 Å². The van der Waals surface area contributed by atoms with Crippen LogP contribution in [0.2, 0.25) is 0 Å². The van der Waals surface area contributed by atoms with Crippen molar-refractivity contribution in [2.24, 2.45) is 11.8 Å². The molecule has 114 valence electrons. The van der Waals surface area contributed by atoms with Gasteiger partial charge in [0.25, 0.3) is 0 Å². The molecule has 0 saturated carbocycles. The maximum absolute atomic E-state index is 12.6. The highest BCUT2D eigenvalue weighted by molar-refractivity contribution is 6.32. The summed E-state index contributed by atoms with van der Waals surface area (Å²) in [6.45, 7) is 5.96. The van der Waals surface area contributed by atoms with Crippen LogP contribution in [0.25, 0.3) is 0 Å². The summed E-state index contributed by atoms with van der Waals surface area (Å²) in [5, 5.41) is 19.7. The first-order valence-electron chi connectivity index (χ1n) is 7.37. The van der Waals surface area contributed by atoms with Crippen molar-refractivity contribution in [2.45, 2.75) is 52.2 Å². The highest BCUT2D eigenvalue weighted by Gasteiger charge is 2.46. The Kier molecular flexibility index (Phi) is 4.75. The molecule has 1 aliphatic heterocycles. The molecule has 0 aromatic heterocycles. The number of carbonyl (C=O) groups excluding carboxylic acids is 1. The van der Waals surface area contributed by atoms with Crippen LogP contribution in [0.5, 0.6) is 0 Å². The molecule has 0 bridgehead atoms. The average molecular weight is 309 g/mol. The molecule has 3 atom stereocenters. The fourth-order valence-corrected chi connectivity index (χ4v) is 3.41. The number of amides is 1. The highest BCUT2D eigenvalue weighted by Crippen LogP contribution is 2.37. The number of allylic oxidation sites excluding steroid dienone is 4. The van der Waals surface area contributed by atoms with E-state index in [-0.39, 0.29) is 17.9 Å². The minimum absolute atomic E-state index is 0.0279. The van der Waals surface area contributed by atoms with E-state index in [0.29, 0.717) is 35.8 Å². The first kappa shape index (κ1) is 16.1. The standard InChI is InChI=1S/C16H21ClN2O2/c1-9(2)6-13-15(20)10(3)19(16(13)21)12-5-4-11(8-18)14(17)7-12/h7,9-10,13,15,20H,4-6H2,1-3H3/t10-,13-,15+/m0/s1. The first-order chi connectivity index (χ1) is 9.86. The predicted octanol–water partition coefficient (Wildman–Crippen LogP) is 2.93. The average Bonchev–Trinajstić information content (AvgIpc) is 2.62. The number of aliphatic hydroxyl groups excluding tert-OH is 1. The lowest BCUT2D eigenvalue weighted by Crippen LogP contribution is -2.34. The van der Waals surface area contributed by atoms with Crippen molar-refractivity contribution in [3.8, 4) is 6.07 Å². The molecule has 21 heavy (non-hydrogen) atoms. The van der Waals surface area contributed by atoms with Crippen LogP contribution < -0.4 is 0 Å². The summed E-state index contributed by atoms with van der Waals surface area (Å²) in [4.78, 5) is 14.3. The molecular weight excluding hydrogens is 288 g/mol. The summed E-state index contributed by atoms with van der Waals surface area (Å²) < 4.78 is 0. The van der Waals surface area contributed by atoms with Gasteiger partial charge in [-0.15, -0.1) is 0 Å². The number of nitriles is 1. The number of hydrogen-bond acceptors (Lipinski definition) is 3. The Balaban J connectivity index is 2.27. The molecule has 0 unspecified atom stereocenters. The maximum Gasteiger partial charge on any atom is 0.232 e. The molecular formula is C16H21ClN2O2. The van der Waals surface area contributed by atoms with Crippen molar-refractivity contribution in [1.82, 2.24) is 4.90 Å². The van der Waals surface area contributed by atoms with Gasteiger partial charge in [0, 0.05) is 11.3 Å². The Labute approximate surface area is 130 Å². The van der Waals surface area contributed by atoms with Crippen molar-refractivity contribution in [1.29, 1.82) is 5.26 Å². The topological polar surface area (TPSA) is 64.3 Å². The quantitative estimate of drug-likeness (QED) is 0.872. The maximum atomic E-state index is 12.6. The van der Waals surface area contributed by atoms with E-state index in [1.54, 1.807) is 11.0 Å². The van der Waals surface area contributed by atoms with Crippen LogP contribution in [0.4, 0.5) is 0 Å². The lowest BCUT2D eigenvalue weighted by Gasteiger charge is -2.27. The van der Waals surface area contributed by atoms with Crippen LogP contribution >= 0.6 is 11.6 Å². The number of carbonyl (C=O) groups is 1. The molecule has 1 saturated heterocycles. The second-order valence-corrected chi connectivity index (χ2v) is 6.66. The normalized spacial score (nSPS) is 30.0. The van der Waals surface area contributed by atoms with Crippen molar-refractivity contribution >= 4 is 17.5 Å². The SMILES string of the molecule is CC(C)C[C@@H]1C(=O)N(C2=CC(Cl)=C(C#N)CC2)[C@@H](C)[C@H]1O. The van der Waals surface area contributed by atoms with E-state index < -0.39 is 6.10 Å². The predicted molar refractivity (Wildman–Crippen MR) is 81.1 cm³/mol. The smallest absolute Gasteiger partial charge is 0.232 e. The Hall–Kier alpha value is -1.31. The van der Waals surface area contributed by atoms with Gasteiger partial charge in [-0.1, -0.05) is 25.4 Å². The Morgan fingerprint density at radius 2 is 2.19 bits per heavy atom. The van der Waals surface area contributed by atoms with Crippen LogP contribution in [-0.2, 0) is 4.79 Å². The van der Waals surface area contributed by atoms with Gasteiger partial charge in [-0.05, 0) is 38.2 Å².